The lowest BCUT2D eigenvalue weighted by Crippen LogP contribution is -2.47. The van der Waals surface area contributed by atoms with Gasteiger partial charge in [0, 0.05) is 25.0 Å². The molecule has 1 N–H and O–H groups in total. The minimum atomic E-state index is -0.816. The highest BCUT2D eigenvalue weighted by atomic mass is 32.1. The van der Waals surface area contributed by atoms with Crippen molar-refractivity contribution in [2.45, 2.75) is 26.3 Å². The molecule has 1 atom stereocenters. The number of aromatic nitrogens is 1. The van der Waals surface area contributed by atoms with E-state index in [0.717, 1.165) is 17.0 Å². The Hall–Kier alpha value is -1.63. The van der Waals surface area contributed by atoms with Crippen molar-refractivity contribution in [2.75, 3.05) is 20.1 Å². The maximum atomic E-state index is 12.3. The second kappa shape index (κ2) is 6.21. The number of carbonyl (C=O) groups is 2. The SMILES string of the molecule is Cc1ncsc1CN(C)C(=O)N1CCC[C@H](C(=O)O)C1. The number of aryl methyl sites for hydroxylation is 1. The summed E-state index contributed by atoms with van der Waals surface area (Å²) >= 11 is 1.53. The number of carboxylic acid groups (broad SMARTS) is 1. The Balaban J connectivity index is 1.96. The molecular formula is C13H19N3O3S. The van der Waals surface area contributed by atoms with Crippen LogP contribution < -0.4 is 0 Å². The number of amides is 2. The Bertz CT molecular complexity index is 503. The number of hydrogen-bond donors (Lipinski definition) is 1. The van der Waals surface area contributed by atoms with Gasteiger partial charge in [0.1, 0.15) is 0 Å². The molecule has 0 aromatic carbocycles. The van der Waals surface area contributed by atoms with E-state index in [-0.39, 0.29) is 6.03 Å². The van der Waals surface area contributed by atoms with Gasteiger partial charge in [0.2, 0.25) is 0 Å². The number of nitrogens with zero attached hydrogens (tertiary/aromatic N) is 3. The molecule has 20 heavy (non-hydrogen) atoms. The summed E-state index contributed by atoms with van der Waals surface area (Å²) in [5, 5.41) is 9.06. The molecule has 1 aliphatic heterocycles. The lowest BCUT2D eigenvalue weighted by molar-refractivity contribution is -0.143. The molecule has 2 amide bonds. The zero-order chi connectivity index (χ0) is 14.7. The molecule has 2 heterocycles. The first-order valence-corrected chi connectivity index (χ1v) is 7.48. The Morgan fingerprint density at radius 2 is 2.35 bits per heavy atom. The van der Waals surface area contributed by atoms with Gasteiger partial charge in [0.15, 0.2) is 0 Å². The van der Waals surface area contributed by atoms with Crippen molar-refractivity contribution in [1.29, 1.82) is 0 Å². The molecule has 1 saturated heterocycles. The highest BCUT2D eigenvalue weighted by Crippen LogP contribution is 2.19. The molecule has 6 nitrogen and oxygen atoms in total. The largest absolute Gasteiger partial charge is 0.481 e. The predicted octanol–water partition coefficient (Wildman–Crippen LogP) is 1.80. The van der Waals surface area contributed by atoms with Crippen LogP contribution in [-0.4, -0.2) is 52.0 Å². The van der Waals surface area contributed by atoms with Crippen LogP contribution in [0.4, 0.5) is 4.79 Å². The van der Waals surface area contributed by atoms with Crippen molar-refractivity contribution in [1.82, 2.24) is 14.8 Å². The molecule has 1 aromatic heterocycles. The van der Waals surface area contributed by atoms with Crippen LogP contribution in [0.25, 0.3) is 0 Å². The Kier molecular flexibility index (Phi) is 4.59. The standard InChI is InChI=1S/C13H19N3O3S/c1-9-11(20-8-14-9)7-15(2)13(19)16-5-3-4-10(6-16)12(17)18/h8,10H,3-7H2,1-2H3,(H,17,18)/t10-/m0/s1. The van der Waals surface area contributed by atoms with E-state index >= 15 is 0 Å². The summed E-state index contributed by atoms with van der Waals surface area (Å²) in [6.45, 7) is 3.38. The topological polar surface area (TPSA) is 73.7 Å². The number of thiazole rings is 1. The molecule has 2 rings (SSSR count). The van der Waals surface area contributed by atoms with Gasteiger partial charge in [-0.2, -0.15) is 0 Å². The van der Waals surface area contributed by atoms with E-state index in [1.165, 1.54) is 11.3 Å². The van der Waals surface area contributed by atoms with Gasteiger partial charge < -0.3 is 14.9 Å². The van der Waals surface area contributed by atoms with E-state index in [0.29, 0.717) is 26.1 Å². The van der Waals surface area contributed by atoms with E-state index in [4.69, 9.17) is 5.11 Å². The number of hydrogen-bond acceptors (Lipinski definition) is 4. The van der Waals surface area contributed by atoms with Crippen LogP contribution >= 0.6 is 11.3 Å². The molecule has 110 valence electrons. The lowest BCUT2D eigenvalue weighted by atomic mass is 9.99. The molecule has 0 saturated carbocycles. The van der Waals surface area contributed by atoms with Gasteiger partial charge >= 0.3 is 12.0 Å². The van der Waals surface area contributed by atoms with Crippen LogP contribution in [0.3, 0.4) is 0 Å². The smallest absolute Gasteiger partial charge is 0.320 e. The van der Waals surface area contributed by atoms with Crippen molar-refractivity contribution in [2.24, 2.45) is 5.92 Å². The van der Waals surface area contributed by atoms with E-state index in [1.54, 1.807) is 22.4 Å². The van der Waals surface area contributed by atoms with E-state index in [9.17, 15) is 9.59 Å². The number of urea groups is 1. The molecule has 0 bridgehead atoms. The normalized spacial score (nSPS) is 18.9. The summed E-state index contributed by atoms with van der Waals surface area (Å²) in [6, 6.07) is -0.108. The monoisotopic (exact) mass is 297 g/mol. The molecule has 0 unspecified atom stereocenters. The number of rotatable bonds is 3. The van der Waals surface area contributed by atoms with Gasteiger partial charge in [-0.05, 0) is 19.8 Å². The third-order valence-corrected chi connectivity index (χ3v) is 4.51. The molecular weight excluding hydrogens is 278 g/mol. The third-order valence-electron chi connectivity index (χ3n) is 3.59. The van der Waals surface area contributed by atoms with Crippen molar-refractivity contribution in [3.8, 4) is 0 Å². The first-order chi connectivity index (χ1) is 9.49. The highest BCUT2D eigenvalue weighted by Gasteiger charge is 2.29. The Morgan fingerprint density at radius 3 is 2.95 bits per heavy atom. The van der Waals surface area contributed by atoms with Crippen molar-refractivity contribution >= 4 is 23.3 Å². The first kappa shape index (κ1) is 14.8. The van der Waals surface area contributed by atoms with E-state index < -0.39 is 11.9 Å². The fourth-order valence-electron chi connectivity index (χ4n) is 2.35. The minimum Gasteiger partial charge on any atom is -0.481 e. The Labute approximate surface area is 122 Å². The third kappa shape index (κ3) is 3.27. The van der Waals surface area contributed by atoms with Crippen molar-refractivity contribution in [3.05, 3.63) is 16.1 Å². The summed E-state index contributed by atoms with van der Waals surface area (Å²) in [5.74, 6) is -1.25. The summed E-state index contributed by atoms with van der Waals surface area (Å²) < 4.78 is 0. The molecule has 1 fully saturated rings. The van der Waals surface area contributed by atoms with E-state index in [2.05, 4.69) is 4.98 Å². The van der Waals surface area contributed by atoms with Crippen molar-refractivity contribution in [3.63, 3.8) is 0 Å². The van der Waals surface area contributed by atoms with Crippen LogP contribution in [0.5, 0.6) is 0 Å². The number of carboxylic acids is 1. The quantitative estimate of drug-likeness (QED) is 0.923. The van der Waals surface area contributed by atoms with Gasteiger partial charge in [0.25, 0.3) is 0 Å². The molecule has 0 aliphatic carbocycles. The minimum absolute atomic E-state index is 0.108. The molecule has 7 heteroatoms. The van der Waals surface area contributed by atoms with Crippen LogP contribution in [0.1, 0.15) is 23.4 Å². The molecule has 0 spiro atoms. The van der Waals surface area contributed by atoms with Crippen LogP contribution in [0, 0.1) is 12.8 Å². The zero-order valence-electron chi connectivity index (χ0n) is 11.7. The lowest BCUT2D eigenvalue weighted by Gasteiger charge is -2.33. The van der Waals surface area contributed by atoms with Crippen LogP contribution in [0.15, 0.2) is 5.51 Å². The fourth-order valence-corrected chi connectivity index (χ4v) is 3.18. The van der Waals surface area contributed by atoms with Crippen LogP contribution in [0.2, 0.25) is 0 Å². The predicted molar refractivity (Wildman–Crippen MR) is 75.6 cm³/mol. The maximum absolute atomic E-state index is 12.3. The summed E-state index contributed by atoms with van der Waals surface area (Å²) in [7, 11) is 1.74. The second-order valence-corrected chi connectivity index (χ2v) is 6.06. The zero-order valence-corrected chi connectivity index (χ0v) is 12.5. The molecule has 1 aliphatic rings. The summed E-state index contributed by atoms with van der Waals surface area (Å²) in [6.07, 6.45) is 1.40. The highest BCUT2D eigenvalue weighted by molar-refractivity contribution is 7.09. The first-order valence-electron chi connectivity index (χ1n) is 6.61. The van der Waals surface area contributed by atoms with Crippen LogP contribution in [-0.2, 0) is 11.3 Å². The van der Waals surface area contributed by atoms with Gasteiger partial charge in [-0.15, -0.1) is 11.3 Å². The van der Waals surface area contributed by atoms with E-state index in [1.807, 2.05) is 6.92 Å². The number of piperidine rings is 1. The van der Waals surface area contributed by atoms with Gasteiger partial charge in [-0.1, -0.05) is 0 Å². The second-order valence-electron chi connectivity index (χ2n) is 5.12. The number of likely N-dealkylation sites (tertiary alicyclic amines) is 1. The van der Waals surface area contributed by atoms with Gasteiger partial charge in [0.05, 0.1) is 23.7 Å². The van der Waals surface area contributed by atoms with Gasteiger partial charge in [-0.25, -0.2) is 9.78 Å². The summed E-state index contributed by atoms with van der Waals surface area (Å²) in [4.78, 5) is 31.9. The van der Waals surface area contributed by atoms with Crippen molar-refractivity contribution < 1.29 is 14.7 Å². The average molecular weight is 297 g/mol. The molecule has 0 radical (unpaired) electrons. The average Bonchev–Trinajstić information content (AvgIpc) is 2.83. The molecule has 1 aromatic rings. The number of aliphatic carboxylic acids is 1. The maximum Gasteiger partial charge on any atom is 0.320 e. The fraction of sp³-hybridized carbons (Fsp3) is 0.615. The Morgan fingerprint density at radius 1 is 1.60 bits per heavy atom. The van der Waals surface area contributed by atoms with Gasteiger partial charge in [-0.3, -0.25) is 4.79 Å². The number of carbonyl (C=O) groups excluding carboxylic acids is 1. The summed E-state index contributed by atoms with van der Waals surface area (Å²) in [5.41, 5.74) is 2.71.